The molecule has 0 amide bonds. The van der Waals surface area contributed by atoms with E-state index < -0.39 is 11.9 Å². The number of benzene rings is 2. The Bertz CT molecular complexity index is 726. The van der Waals surface area contributed by atoms with Crippen LogP contribution in [0.5, 0.6) is 5.75 Å². The monoisotopic (exact) mass is 368 g/mol. The van der Waals surface area contributed by atoms with Gasteiger partial charge in [0.1, 0.15) is 5.75 Å². The Hall–Kier alpha value is -2.62. The summed E-state index contributed by atoms with van der Waals surface area (Å²) in [6, 6.07) is 13.9. The molecule has 0 radical (unpaired) electrons. The number of methoxy groups -OCH3 is 1. The minimum atomic E-state index is -0.422. The Balaban J connectivity index is 0.000000596. The van der Waals surface area contributed by atoms with Crippen molar-refractivity contribution in [3.8, 4) is 5.75 Å². The molecule has 0 atom stereocenters. The van der Waals surface area contributed by atoms with E-state index in [1.165, 1.54) is 44.8 Å². The Morgan fingerprint density at radius 2 is 1.37 bits per heavy atom. The van der Waals surface area contributed by atoms with Crippen molar-refractivity contribution in [3.05, 3.63) is 65.2 Å². The van der Waals surface area contributed by atoms with Gasteiger partial charge in [0.2, 0.25) is 0 Å². The summed E-state index contributed by atoms with van der Waals surface area (Å²) in [5.74, 6) is 0.210. The van der Waals surface area contributed by atoms with Gasteiger partial charge in [-0.15, -0.1) is 0 Å². The highest BCUT2D eigenvalue weighted by molar-refractivity contribution is 5.92. The lowest BCUT2D eigenvalue weighted by Gasteiger charge is -2.25. The normalized spacial score (nSPS) is 13.0. The Morgan fingerprint density at radius 1 is 0.852 bits per heavy atom. The van der Waals surface area contributed by atoms with Gasteiger partial charge in [-0.25, -0.2) is 9.59 Å². The molecule has 0 saturated heterocycles. The first-order valence-electron chi connectivity index (χ1n) is 9.59. The predicted octanol–water partition coefficient (Wildman–Crippen LogP) is 5.77. The number of ether oxygens (including phenoxy) is 2. The molecule has 0 heterocycles. The van der Waals surface area contributed by atoms with Crippen LogP contribution in [0.25, 0.3) is 0 Å². The van der Waals surface area contributed by atoms with E-state index in [1.807, 2.05) is 12.1 Å². The smallest absolute Gasteiger partial charge is 0.343 e. The molecule has 1 aliphatic rings. The van der Waals surface area contributed by atoms with Crippen LogP contribution in [0.15, 0.2) is 48.5 Å². The molecule has 0 N–H and O–H groups in total. The standard InChI is InChI=1S/C19H18O4.C4H10/c1-22-18(20)15-9-11-17(12-10-15)23-19(21)16-7-5-14(6-8-16)13-3-2-4-13;1-3-4-2/h5-13H,2-4H2,1H3;3-4H2,1-2H3. The van der Waals surface area contributed by atoms with E-state index in [2.05, 4.69) is 18.6 Å². The molecule has 27 heavy (non-hydrogen) atoms. The van der Waals surface area contributed by atoms with Crippen molar-refractivity contribution in [2.24, 2.45) is 0 Å². The van der Waals surface area contributed by atoms with E-state index >= 15 is 0 Å². The molecule has 1 fully saturated rings. The number of carbonyl (C=O) groups is 2. The number of esters is 2. The summed E-state index contributed by atoms with van der Waals surface area (Å²) >= 11 is 0. The van der Waals surface area contributed by atoms with Crippen LogP contribution in [0.3, 0.4) is 0 Å². The van der Waals surface area contributed by atoms with Crippen molar-refractivity contribution in [3.63, 3.8) is 0 Å². The van der Waals surface area contributed by atoms with E-state index in [-0.39, 0.29) is 0 Å². The topological polar surface area (TPSA) is 52.6 Å². The van der Waals surface area contributed by atoms with Crippen molar-refractivity contribution in [1.29, 1.82) is 0 Å². The van der Waals surface area contributed by atoms with Gasteiger partial charge in [0.25, 0.3) is 0 Å². The maximum atomic E-state index is 12.1. The fourth-order valence-corrected chi connectivity index (χ4v) is 2.58. The van der Waals surface area contributed by atoms with Crippen LogP contribution < -0.4 is 4.74 Å². The van der Waals surface area contributed by atoms with Crippen LogP contribution in [0, 0.1) is 0 Å². The van der Waals surface area contributed by atoms with E-state index in [9.17, 15) is 9.59 Å². The summed E-state index contributed by atoms with van der Waals surface area (Å²) in [7, 11) is 1.32. The fourth-order valence-electron chi connectivity index (χ4n) is 2.58. The maximum Gasteiger partial charge on any atom is 0.343 e. The van der Waals surface area contributed by atoms with Gasteiger partial charge >= 0.3 is 11.9 Å². The van der Waals surface area contributed by atoms with Crippen LogP contribution in [-0.2, 0) is 4.74 Å². The first kappa shape index (κ1) is 20.7. The third-order valence-electron chi connectivity index (χ3n) is 4.71. The summed E-state index contributed by atoms with van der Waals surface area (Å²) in [5.41, 5.74) is 2.22. The molecule has 1 aliphatic carbocycles. The second-order valence-corrected chi connectivity index (χ2v) is 6.66. The third kappa shape index (κ3) is 5.95. The van der Waals surface area contributed by atoms with E-state index in [0.717, 1.165) is 0 Å². The molecule has 0 unspecified atom stereocenters. The SMILES string of the molecule is CCCC.COC(=O)c1ccc(OC(=O)c2ccc(C3CCC3)cc2)cc1. The first-order chi connectivity index (χ1) is 13.1. The lowest BCUT2D eigenvalue weighted by Crippen LogP contribution is -2.11. The summed E-state index contributed by atoms with van der Waals surface area (Å²) in [5, 5.41) is 0. The van der Waals surface area contributed by atoms with Gasteiger partial charge in [0.05, 0.1) is 18.2 Å². The van der Waals surface area contributed by atoms with Crippen LogP contribution in [-0.4, -0.2) is 19.0 Å². The third-order valence-corrected chi connectivity index (χ3v) is 4.71. The second kappa shape index (κ2) is 10.5. The number of carbonyl (C=O) groups excluding carboxylic acids is 2. The Morgan fingerprint density at radius 3 is 1.81 bits per heavy atom. The van der Waals surface area contributed by atoms with Gasteiger partial charge < -0.3 is 9.47 Å². The lowest BCUT2D eigenvalue weighted by atomic mass is 9.80. The highest BCUT2D eigenvalue weighted by atomic mass is 16.5. The molecule has 4 heteroatoms. The summed E-state index contributed by atoms with van der Waals surface area (Å²) in [6.07, 6.45) is 6.39. The van der Waals surface area contributed by atoms with Gasteiger partial charge in [0.15, 0.2) is 0 Å². The van der Waals surface area contributed by atoms with Crippen LogP contribution in [0.4, 0.5) is 0 Å². The van der Waals surface area contributed by atoms with Crippen molar-refractivity contribution >= 4 is 11.9 Å². The molecule has 3 rings (SSSR count). The molecule has 144 valence electrons. The van der Waals surface area contributed by atoms with Crippen LogP contribution in [0.2, 0.25) is 0 Å². The summed E-state index contributed by atoms with van der Waals surface area (Å²) < 4.78 is 9.94. The average molecular weight is 368 g/mol. The van der Waals surface area contributed by atoms with Gasteiger partial charge in [-0.2, -0.15) is 0 Å². The molecule has 4 nitrogen and oxygen atoms in total. The molecule has 0 spiro atoms. The van der Waals surface area contributed by atoms with E-state index in [4.69, 9.17) is 4.74 Å². The van der Waals surface area contributed by atoms with Crippen LogP contribution in [0.1, 0.15) is 78.1 Å². The molecule has 2 aromatic carbocycles. The van der Waals surface area contributed by atoms with Gasteiger partial charge in [-0.1, -0.05) is 45.2 Å². The average Bonchev–Trinajstić information content (AvgIpc) is 2.67. The quantitative estimate of drug-likeness (QED) is 0.497. The minimum absolute atomic E-state index is 0.394. The van der Waals surface area contributed by atoms with Crippen molar-refractivity contribution in [1.82, 2.24) is 0 Å². The van der Waals surface area contributed by atoms with Gasteiger partial charge in [0, 0.05) is 0 Å². The predicted molar refractivity (Wildman–Crippen MR) is 106 cm³/mol. The van der Waals surface area contributed by atoms with Crippen molar-refractivity contribution in [2.45, 2.75) is 51.9 Å². The second-order valence-electron chi connectivity index (χ2n) is 6.66. The fraction of sp³-hybridized carbons (Fsp3) is 0.391. The number of hydrogen-bond acceptors (Lipinski definition) is 4. The van der Waals surface area contributed by atoms with Crippen molar-refractivity contribution < 1.29 is 19.1 Å². The van der Waals surface area contributed by atoms with Crippen LogP contribution >= 0.6 is 0 Å². The highest BCUT2D eigenvalue weighted by Gasteiger charge is 2.19. The lowest BCUT2D eigenvalue weighted by molar-refractivity contribution is 0.0600. The summed E-state index contributed by atoms with van der Waals surface area (Å²) in [6.45, 7) is 4.36. The molecule has 0 aromatic heterocycles. The zero-order valence-corrected chi connectivity index (χ0v) is 16.4. The first-order valence-corrected chi connectivity index (χ1v) is 9.59. The molecule has 0 bridgehead atoms. The Kier molecular flexibility index (Phi) is 8.05. The zero-order valence-electron chi connectivity index (χ0n) is 16.4. The highest BCUT2D eigenvalue weighted by Crippen LogP contribution is 2.36. The zero-order chi connectivity index (χ0) is 19.6. The summed E-state index contributed by atoms with van der Waals surface area (Å²) in [4.78, 5) is 23.5. The molecular formula is C23H28O4. The van der Waals surface area contributed by atoms with E-state index in [1.54, 1.807) is 36.4 Å². The van der Waals surface area contributed by atoms with Crippen molar-refractivity contribution in [2.75, 3.05) is 7.11 Å². The Labute approximate surface area is 161 Å². The van der Waals surface area contributed by atoms with Gasteiger partial charge in [-0.05, 0) is 60.7 Å². The largest absolute Gasteiger partial charge is 0.465 e. The van der Waals surface area contributed by atoms with E-state index in [0.29, 0.717) is 22.8 Å². The number of hydrogen-bond donors (Lipinski definition) is 0. The molecule has 1 saturated carbocycles. The minimum Gasteiger partial charge on any atom is -0.465 e. The van der Waals surface area contributed by atoms with Gasteiger partial charge in [-0.3, -0.25) is 0 Å². The molecular weight excluding hydrogens is 340 g/mol. The number of unbranched alkanes of at least 4 members (excludes halogenated alkanes) is 1. The molecule has 2 aromatic rings. The maximum absolute atomic E-state index is 12.1. The number of rotatable bonds is 5. The molecule has 0 aliphatic heterocycles.